The number of hydrogen-bond donors (Lipinski definition) is 1. The van der Waals surface area contributed by atoms with Crippen LogP contribution in [-0.4, -0.2) is 45.1 Å². The molecule has 1 amide bonds. The number of carbonyl (C=O) groups is 1. The summed E-state index contributed by atoms with van der Waals surface area (Å²) in [6.45, 7) is 2.99. The minimum atomic E-state index is -3.52. The number of para-hydroxylation sites is 1. The number of nitrogens with one attached hydrogen (secondary N) is 1. The van der Waals surface area contributed by atoms with Gasteiger partial charge in [0.15, 0.2) is 0 Å². The second-order valence-corrected chi connectivity index (χ2v) is 8.57. The van der Waals surface area contributed by atoms with Crippen LogP contribution in [0, 0.1) is 0 Å². The number of ether oxygens (including phenoxy) is 1. The Morgan fingerprint density at radius 2 is 1.75 bits per heavy atom. The van der Waals surface area contributed by atoms with E-state index in [0.29, 0.717) is 18.7 Å². The Morgan fingerprint density at radius 1 is 1.11 bits per heavy atom. The predicted octanol–water partition coefficient (Wildman–Crippen LogP) is 2.77. The fourth-order valence-electron chi connectivity index (χ4n) is 2.95. The van der Waals surface area contributed by atoms with Crippen LogP contribution in [-0.2, 0) is 21.2 Å². The minimum absolute atomic E-state index is 0.336. The summed E-state index contributed by atoms with van der Waals surface area (Å²) in [7, 11) is -2.10. The highest BCUT2D eigenvalue weighted by Crippen LogP contribution is 2.22. The van der Waals surface area contributed by atoms with Gasteiger partial charge in [-0.25, -0.2) is 8.42 Å². The fourth-order valence-corrected chi connectivity index (χ4v) is 3.55. The molecule has 2 aromatic carbocycles. The normalized spacial score (nSPS) is 12.6. The van der Waals surface area contributed by atoms with Gasteiger partial charge in [-0.2, -0.15) is 4.31 Å². The molecule has 0 heterocycles. The number of carbonyl (C=O) groups excluding carboxylic acids is 1. The maximum Gasteiger partial charge on any atom is 0.242 e. The summed E-state index contributed by atoms with van der Waals surface area (Å²) in [5.74, 6) is 0.521. The van der Waals surface area contributed by atoms with Crippen molar-refractivity contribution in [2.24, 2.45) is 0 Å². The van der Waals surface area contributed by atoms with Crippen LogP contribution in [0.5, 0.6) is 5.75 Å². The maximum atomic E-state index is 12.8. The molecule has 1 atom stereocenters. The summed E-state index contributed by atoms with van der Waals surface area (Å²) < 4.78 is 30.7. The van der Waals surface area contributed by atoms with Gasteiger partial charge >= 0.3 is 0 Å². The number of benzene rings is 2. The molecule has 0 aliphatic rings. The summed E-state index contributed by atoms with van der Waals surface area (Å²) in [6, 6.07) is 15.9. The molecule has 6 nitrogen and oxygen atoms in total. The van der Waals surface area contributed by atoms with Crippen LogP contribution in [0.2, 0.25) is 0 Å². The zero-order valence-electron chi connectivity index (χ0n) is 16.6. The van der Waals surface area contributed by atoms with Gasteiger partial charge in [0.05, 0.1) is 12.9 Å². The summed E-state index contributed by atoms with van der Waals surface area (Å²) in [4.78, 5) is 12.8. The van der Waals surface area contributed by atoms with Crippen molar-refractivity contribution in [3.63, 3.8) is 0 Å². The van der Waals surface area contributed by atoms with Crippen LogP contribution < -0.4 is 10.1 Å². The Labute approximate surface area is 167 Å². The molecular formula is C21H28N2O4S. The van der Waals surface area contributed by atoms with Crippen LogP contribution in [0.25, 0.3) is 0 Å². The molecule has 0 radical (unpaired) electrons. The van der Waals surface area contributed by atoms with Crippen LogP contribution >= 0.6 is 0 Å². The molecule has 2 rings (SSSR count). The van der Waals surface area contributed by atoms with Crippen LogP contribution in [0.3, 0.4) is 0 Å². The van der Waals surface area contributed by atoms with Gasteiger partial charge in [-0.15, -0.1) is 0 Å². The molecule has 0 saturated carbocycles. The highest BCUT2D eigenvalue weighted by molar-refractivity contribution is 7.88. The molecular weight excluding hydrogens is 376 g/mol. The number of nitrogens with zero attached hydrogens (tertiary/aromatic N) is 1. The Kier molecular flexibility index (Phi) is 8.02. The van der Waals surface area contributed by atoms with Gasteiger partial charge in [0.25, 0.3) is 0 Å². The lowest BCUT2D eigenvalue weighted by atomic mass is 10.1. The van der Waals surface area contributed by atoms with E-state index in [2.05, 4.69) is 5.32 Å². The average molecular weight is 405 g/mol. The van der Waals surface area contributed by atoms with E-state index in [1.807, 2.05) is 37.3 Å². The third-order valence-corrected chi connectivity index (χ3v) is 5.70. The molecule has 0 spiro atoms. The van der Waals surface area contributed by atoms with Crippen molar-refractivity contribution in [2.45, 2.75) is 25.8 Å². The number of hydrogen-bond acceptors (Lipinski definition) is 4. The first kappa shape index (κ1) is 21.9. The minimum Gasteiger partial charge on any atom is -0.494 e. The first-order valence-corrected chi connectivity index (χ1v) is 11.2. The SMILES string of the molecule is CCOc1ccccc1CCCNC(=O)C(c1ccccc1)N(C)S(C)(=O)=O. The summed E-state index contributed by atoms with van der Waals surface area (Å²) in [6.07, 6.45) is 2.58. The largest absolute Gasteiger partial charge is 0.494 e. The van der Waals surface area contributed by atoms with E-state index in [4.69, 9.17) is 4.74 Å². The molecule has 1 unspecified atom stereocenters. The van der Waals surface area contributed by atoms with Crippen LogP contribution in [0.1, 0.15) is 30.5 Å². The first-order chi connectivity index (χ1) is 13.3. The van der Waals surface area contributed by atoms with Crippen molar-refractivity contribution in [2.75, 3.05) is 26.5 Å². The van der Waals surface area contributed by atoms with Gasteiger partial charge in [-0.1, -0.05) is 48.5 Å². The molecule has 0 aromatic heterocycles. The van der Waals surface area contributed by atoms with E-state index in [1.54, 1.807) is 24.3 Å². The van der Waals surface area contributed by atoms with Crippen LogP contribution in [0.15, 0.2) is 54.6 Å². The number of likely N-dealkylation sites (N-methyl/N-ethyl adjacent to an activating group) is 1. The highest BCUT2D eigenvalue weighted by Gasteiger charge is 2.30. The fraction of sp³-hybridized carbons (Fsp3) is 0.381. The van der Waals surface area contributed by atoms with E-state index >= 15 is 0 Å². The third kappa shape index (κ3) is 6.07. The molecule has 0 saturated heterocycles. The van der Waals surface area contributed by atoms with Crippen molar-refractivity contribution >= 4 is 15.9 Å². The Morgan fingerprint density at radius 3 is 2.39 bits per heavy atom. The standard InChI is InChI=1S/C21H28N2O4S/c1-4-27-19-15-9-8-11-17(19)14-10-16-22-21(24)20(23(2)28(3,25)26)18-12-6-5-7-13-18/h5-9,11-13,15,20H,4,10,14,16H2,1-3H3,(H,22,24). The summed E-state index contributed by atoms with van der Waals surface area (Å²) in [5.41, 5.74) is 1.72. The topological polar surface area (TPSA) is 75.7 Å². The molecule has 0 fully saturated rings. The molecule has 28 heavy (non-hydrogen) atoms. The van der Waals surface area contributed by atoms with E-state index < -0.39 is 16.1 Å². The first-order valence-electron chi connectivity index (χ1n) is 9.31. The van der Waals surface area contributed by atoms with E-state index in [-0.39, 0.29) is 5.91 Å². The smallest absolute Gasteiger partial charge is 0.242 e. The molecule has 7 heteroatoms. The lowest BCUT2D eigenvalue weighted by Gasteiger charge is -2.25. The average Bonchev–Trinajstić information content (AvgIpc) is 2.67. The van der Waals surface area contributed by atoms with Crippen LogP contribution in [0.4, 0.5) is 0 Å². The van der Waals surface area contributed by atoms with Gasteiger partial charge < -0.3 is 10.1 Å². The number of amides is 1. The van der Waals surface area contributed by atoms with Gasteiger partial charge in [0.2, 0.25) is 15.9 Å². The zero-order chi connectivity index (χ0) is 20.6. The Bertz CT molecular complexity index is 869. The third-order valence-electron chi connectivity index (χ3n) is 4.44. The monoisotopic (exact) mass is 404 g/mol. The van der Waals surface area contributed by atoms with Crippen molar-refractivity contribution in [1.29, 1.82) is 0 Å². The molecule has 2 aromatic rings. The number of aryl methyl sites for hydroxylation is 1. The Balaban J connectivity index is 2.01. The highest BCUT2D eigenvalue weighted by atomic mass is 32.2. The second-order valence-electron chi connectivity index (χ2n) is 6.53. The lowest BCUT2D eigenvalue weighted by molar-refractivity contribution is -0.124. The molecule has 0 bridgehead atoms. The van der Waals surface area contributed by atoms with Gasteiger partial charge in [-0.05, 0) is 37.0 Å². The quantitative estimate of drug-likeness (QED) is 0.618. The number of sulfonamides is 1. The van der Waals surface area contributed by atoms with Crippen molar-refractivity contribution in [3.05, 3.63) is 65.7 Å². The maximum absolute atomic E-state index is 12.8. The molecule has 152 valence electrons. The van der Waals surface area contributed by atoms with E-state index in [1.165, 1.54) is 7.05 Å². The predicted molar refractivity (Wildman–Crippen MR) is 111 cm³/mol. The van der Waals surface area contributed by atoms with E-state index in [0.717, 1.165) is 34.7 Å². The molecule has 0 aliphatic heterocycles. The summed E-state index contributed by atoms with van der Waals surface area (Å²) in [5, 5.41) is 2.87. The van der Waals surface area contributed by atoms with Gasteiger partial charge in [-0.3, -0.25) is 4.79 Å². The van der Waals surface area contributed by atoms with Crippen molar-refractivity contribution in [3.8, 4) is 5.75 Å². The summed E-state index contributed by atoms with van der Waals surface area (Å²) >= 11 is 0. The van der Waals surface area contributed by atoms with Crippen molar-refractivity contribution < 1.29 is 17.9 Å². The Hall–Kier alpha value is -2.38. The zero-order valence-corrected chi connectivity index (χ0v) is 17.4. The van der Waals surface area contributed by atoms with Crippen molar-refractivity contribution in [1.82, 2.24) is 9.62 Å². The van der Waals surface area contributed by atoms with E-state index in [9.17, 15) is 13.2 Å². The molecule has 0 aliphatic carbocycles. The molecule has 1 N–H and O–H groups in total. The van der Waals surface area contributed by atoms with Gasteiger partial charge in [0, 0.05) is 13.6 Å². The lowest BCUT2D eigenvalue weighted by Crippen LogP contribution is -2.41. The van der Waals surface area contributed by atoms with Gasteiger partial charge in [0.1, 0.15) is 11.8 Å². The number of rotatable bonds is 10. The second kappa shape index (κ2) is 10.2.